The number of carbonyl (C=O) groups excluding carboxylic acids is 1. The van der Waals surface area contributed by atoms with Crippen LogP contribution in [0.15, 0.2) is 34.3 Å². The van der Waals surface area contributed by atoms with Crippen molar-refractivity contribution in [2.45, 2.75) is 6.92 Å². The number of nitrogens with zero attached hydrogens (tertiary/aromatic N) is 3. The smallest absolute Gasteiger partial charge is 0.220 e. The van der Waals surface area contributed by atoms with Gasteiger partial charge in [-0.25, -0.2) is 4.98 Å². The highest BCUT2D eigenvalue weighted by Gasteiger charge is 2.26. The Morgan fingerprint density at radius 2 is 2.05 bits per heavy atom. The first-order chi connectivity index (χ1) is 10.6. The van der Waals surface area contributed by atoms with Crippen molar-refractivity contribution < 1.29 is 9.32 Å². The number of thiazole rings is 1. The fourth-order valence-corrected chi connectivity index (χ4v) is 3.26. The summed E-state index contributed by atoms with van der Waals surface area (Å²) in [5.74, 6) is 0.466. The Hall–Kier alpha value is -1.89. The first-order valence-electron chi connectivity index (χ1n) is 6.18. The summed E-state index contributed by atoms with van der Waals surface area (Å²) < 4.78 is 5.25. The minimum Gasteiger partial charge on any atom is -0.359 e. The molecule has 112 valence electrons. The Morgan fingerprint density at radius 3 is 2.64 bits per heavy atom. The zero-order valence-corrected chi connectivity index (χ0v) is 13.6. The number of halogens is 2. The van der Waals surface area contributed by atoms with Crippen LogP contribution in [-0.4, -0.2) is 16.6 Å². The highest BCUT2D eigenvalue weighted by Crippen LogP contribution is 2.42. The number of carbonyl (C=O) groups is 1. The normalized spacial score (nSPS) is 10.7. The van der Waals surface area contributed by atoms with Crippen LogP contribution < -0.4 is 4.90 Å². The molecule has 2 aromatic heterocycles. The number of hydrogen-bond donors (Lipinski definition) is 0. The van der Waals surface area contributed by atoms with Gasteiger partial charge in [-0.3, -0.25) is 9.69 Å². The number of benzene rings is 1. The fourth-order valence-electron chi connectivity index (χ4n) is 2.07. The van der Waals surface area contributed by atoms with Crippen molar-refractivity contribution in [2.24, 2.45) is 0 Å². The fraction of sp³-hybridized carbons (Fsp3) is 0.0714. The van der Waals surface area contributed by atoms with E-state index in [0.29, 0.717) is 44.3 Å². The second-order valence-corrected chi connectivity index (χ2v) is 6.01. The zero-order chi connectivity index (χ0) is 15.7. The van der Waals surface area contributed by atoms with E-state index in [9.17, 15) is 4.79 Å². The van der Waals surface area contributed by atoms with Crippen molar-refractivity contribution >= 4 is 51.8 Å². The van der Waals surface area contributed by atoms with Crippen molar-refractivity contribution in [3.05, 3.63) is 45.6 Å². The van der Waals surface area contributed by atoms with E-state index < -0.39 is 0 Å². The van der Waals surface area contributed by atoms with Gasteiger partial charge in [0.1, 0.15) is 11.4 Å². The van der Waals surface area contributed by atoms with Gasteiger partial charge in [-0.1, -0.05) is 34.4 Å². The predicted octanol–water partition coefficient (Wildman–Crippen LogP) is 4.71. The van der Waals surface area contributed by atoms with E-state index in [1.807, 2.05) is 0 Å². The molecule has 0 aliphatic rings. The first-order valence-corrected chi connectivity index (χ1v) is 7.81. The molecule has 0 N–H and O–H groups in total. The molecule has 0 bridgehead atoms. The van der Waals surface area contributed by atoms with Crippen molar-refractivity contribution in [1.29, 1.82) is 0 Å². The maximum Gasteiger partial charge on any atom is 0.220 e. The van der Waals surface area contributed by atoms with E-state index in [1.165, 1.54) is 16.2 Å². The molecule has 22 heavy (non-hydrogen) atoms. The quantitative estimate of drug-likeness (QED) is 0.637. The van der Waals surface area contributed by atoms with E-state index in [0.717, 1.165) is 0 Å². The Morgan fingerprint density at radius 1 is 1.32 bits per heavy atom. The van der Waals surface area contributed by atoms with E-state index >= 15 is 0 Å². The number of aromatic nitrogens is 2. The molecule has 0 aliphatic carbocycles. The Kier molecular flexibility index (Phi) is 4.15. The summed E-state index contributed by atoms with van der Waals surface area (Å²) in [6, 6.07) is 5.13. The van der Waals surface area contributed by atoms with Crippen molar-refractivity contribution in [3.63, 3.8) is 0 Å². The highest BCUT2D eigenvalue weighted by atomic mass is 35.5. The summed E-state index contributed by atoms with van der Waals surface area (Å²) in [7, 11) is 0. The van der Waals surface area contributed by atoms with Gasteiger partial charge in [0.15, 0.2) is 10.9 Å². The molecule has 0 fully saturated rings. The second-order valence-electron chi connectivity index (χ2n) is 4.32. The number of amides is 1. The summed E-state index contributed by atoms with van der Waals surface area (Å²) in [4.78, 5) is 17.1. The summed E-state index contributed by atoms with van der Waals surface area (Å²) in [6.07, 6.45) is 2.27. The molecule has 0 atom stereocenters. The molecule has 0 saturated carbocycles. The summed E-state index contributed by atoms with van der Waals surface area (Å²) >= 11 is 13.8. The topological polar surface area (TPSA) is 59.2 Å². The average Bonchev–Trinajstić information content (AvgIpc) is 3.13. The third-order valence-electron chi connectivity index (χ3n) is 3.00. The lowest BCUT2D eigenvalue weighted by atomic mass is 10.1. The summed E-state index contributed by atoms with van der Waals surface area (Å²) in [5.41, 5.74) is 1.39. The highest BCUT2D eigenvalue weighted by molar-refractivity contribution is 7.13. The van der Waals surface area contributed by atoms with Crippen LogP contribution >= 0.6 is 34.5 Å². The molecule has 0 unspecified atom stereocenters. The van der Waals surface area contributed by atoms with Gasteiger partial charge in [0.2, 0.25) is 6.41 Å². The van der Waals surface area contributed by atoms with Gasteiger partial charge in [0.05, 0.1) is 10.0 Å². The predicted molar refractivity (Wildman–Crippen MR) is 87.0 cm³/mol. The van der Waals surface area contributed by atoms with Crippen LogP contribution in [0.5, 0.6) is 0 Å². The molecular weight excluding hydrogens is 345 g/mol. The van der Waals surface area contributed by atoms with Crippen LogP contribution in [0.3, 0.4) is 0 Å². The molecule has 1 amide bonds. The van der Waals surface area contributed by atoms with Crippen LogP contribution in [0.2, 0.25) is 10.0 Å². The van der Waals surface area contributed by atoms with Gasteiger partial charge >= 0.3 is 0 Å². The summed E-state index contributed by atoms with van der Waals surface area (Å²) in [5, 5.41) is 7.15. The molecule has 8 heteroatoms. The minimum absolute atomic E-state index is 0.399. The van der Waals surface area contributed by atoms with E-state index in [4.69, 9.17) is 27.7 Å². The van der Waals surface area contributed by atoms with E-state index in [-0.39, 0.29) is 0 Å². The van der Waals surface area contributed by atoms with Crippen molar-refractivity contribution in [2.75, 3.05) is 4.90 Å². The van der Waals surface area contributed by atoms with Gasteiger partial charge in [-0.15, -0.1) is 11.3 Å². The zero-order valence-electron chi connectivity index (χ0n) is 11.3. The van der Waals surface area contributed by atoms with E-state index in [2.05, 4.69) is 10.1 Å². The Labute approximate surface area is 140 Å². The van der Waals surface area contributed by atoms with Gasteiger partial charge in [0, 0.05) is 17.1 Å². The lowest BCUT2D eigenvalue weighted by molar-refractivity contribution is -0.106. The molecule has 5 nitrogen and oxygen atoms in total. The van der Waals surface area contributed by atoms with Gasteiger partial charge < -0.3 is 4.52 Å². The lowest BCUT2D eigenvalue weighted by Crippen LogP contribution is -2.15. The molecule has 3 aromatic rings. The number of rotatable bonds is 4. The second kappa shape index (κ2) is 6.08. The molecule has 0 saturated heterocycles. The van der Waals surface area contributed by atoms with E-state index in [1.54, 1.807) is 36.7 Å². The monoisotopic (exact) mass is 353 g/mol. The van der Waals surface area contributed by atoms with Gasteiger partial charge in [-0.2, -0.15) is 0 Å². The maximum absolute atomic E-state index is 11.6. The average molecular weight is 354 g/mol. The largest absolute Gasteiger partial charge is 0.359 e. The lowest BCUT2D eigenvalue weighted by Gasteiger charge is -2.14. The Bertz CT molecular complexity index is 797. The SMILES string of the molecule is Cc1onc(-c2c(Cl)cccc2Cl)c1N(C=O)c1nccs1. The number of anilines is 2. The van der Waals surface area contributed by atoms with Crippen molar-refractivity contribution in [1.82, 2.24) is 10.1 Å². The standard InChI is InChI=1S/C14H9Cl2N3O2S/c1-8-13(19(7-20)14-17-5-6-22-14)12(18-21-8)11-9(15)3-2-4-10(11)16/h2-7H,1H3. The number of aryl methyl sites for hydroxylation is 1. The first kappa shape index (κ1) is 15.0. The third kappa shape index (κ3) is 2.49. The van der Waals surface area contributed by atoms with Crippen LogP contribution in [0.1, 0.15) is 5.76 Å². The molecule has 0 radical (unpaired) electrons. The summed E-state index contributed by atoms with van der Waals surface area (Å²) in [6.45, 7) is 1.71. The molecule has 3 rings (SSSR count). The molecule has 1 aromatic carbocycles. The number of hydrogen-bond acceptors (Lipinski definition) is 5. The molecular formula is C14H9Cl2N3O2S. The van der Waals surface area contributed by atoms with Gasteiger partial charge in [0.25, 0.3) is 0 Å². The molecule has 0 aliphatic heterocycles. The minimum atomic E-state index is 0.399. The maximum atomic E-state index is 11.6. The van der Waals surface area contributed by atoms with Crippen LogP contribution in [-0.2, 0) is 4.79 Å². The Balaban J connectivity index is 2.22. The van der Waals surface area contributed by atoms with Gasteiger partial charge in [-0.05, 0) is 19.1 Å². The van der Waals surface area contributed by atoms with Crippen molar-refractivity contribution in [3.8, 4) is 11.3 Å². The van der Waals surface area contributed by atoms with Crippen LogP contribution in [0, 0.1) is 6.92 Å². The van der Waals surface area contributed by atoms with Crippen LogP contribution in [0.25, 0.3) is 11.3 Å². The molecule has 0 spiro atoms. The third-order valence-corrected chi connectivity index (χ3v) is 4.40. The van der Waals surface area contributed by atoms with Crippen LogP contribution in [0.4, 0.5) is 10.8 Å². The molecule has 2 heterocycles.